The second-order valence-corrected chi connectivity index (χ2v) is 7.69. The number of rotatable bonds is 8. The summed E-state index contributed by atoms with van der Waals surface area (Å²) in [5.41, 5.74) is 1.72. The molecular formula is C17H33N3. The van der Waals surface area contributed by atoms with Crippen molar-refractivity contribution in [1.29, 1.82) is 0 Å². The van der Waals surface area contributed by atoms with Crippen LogP contribution in [0.15, 0.2) is 12.4 Å². The van der Waals surface area contributed by atoms with Crippen molar-refractivity contribution in [3.63, 3.8) is 0 Å². The molecule has 1 aromatic heterocycles. The minimum atomic E-state index is 0.0671. The summed E-state index contributed by atoms with van der Waals surface area (Å²) in [7, 11) is 0. The fourth-order valence-corrected chi connectivity index (χ4v) is 2.31. The van der Waals surface area contributed by atoms with Gasteiger partial charge in [-0.1, -0.05) is 40.0 Å². The van der Waals surface area contributed by atoms with Crippen molar-refractivity contribution in [1.82, 2.24) is 15.1 Å². The number of nitrogens with one attached hydrogen (secondary N) is 1. The summed E-state index contributed by atoms with van der Waals surface area (Å²) in [6, 6.07) is 0. The summed E-state index contributed by atoms with van der Waals surface area (Å²) in [4.78, 5) is 0. The molecule has 0 aliphatic heterocycles. The third-order valence-corrected chi connectivity index (χ3v) is 3.71. The van der Waals surface area contributed by atoms with E-state index in [1.54, 1.807) is 0 Å². The molecule has 0 spiro atoms. The molecule has 0 aromatic carbocycles. The average Bonchev–Trinajstić information content (AvgIpc) is 2.77. The van der Waals surface area contributed by atoms with Crippen LogP contribution in [0.4, 0.5) is 0 Å². The number of aromatic nitrogens is 2. The molecular weight excluding hydrogens is 246 g/mol. The quantitative estimate of drug-likeness (QED) is 0.718. The van der Waals surface area contributed by atoms with Crippen LogP contribution in [0.25, 0.3) is 0 Å². The topological polar surface area (TPSA) is 29.9 Å². The van der Waals surface area contributed by atoms with E-state index in [0.717, 1.165) is 13.1 Å². The van der Waals surface area contributed by atoms with E-state index in [2.05, 4.69) is 58.2 Å². The zero-order valence-corrected chi connectivity index (χ0v) is 14.3. The maximum Gasteiger partial charge on any atom is 0.0543 e. The van der Waals surface area contributed by atoms with Gasteiger partial charge in [0.25, 0.3) is 0 Å². The Hall–Kier alpha value is -0.830. The molecule has 0 atom stereocenters. The number of hydrogen-bond acceptors (Lipinski definition) is 2. The highest BCUT2D eigenvalue weighted by Crippen LogP contribution is 2.22. The van der Waals surface area contributed by atoms with Gasteiger partial charge >= 0.3 is 0 Å². The molecule has 3 nitrogen and oxygen atoms in total. The van der Waals surface area contributed by atoms with Gasteiger partial charge in [-0.3, -0.25) is 4.68 Å². The van der Waals surface area contributed by atoms with Crippen LogP contribution in [-0.2, 0) is 12.1 Å². The third-order valence-electron chi connectivity index (χ3n) is 3.71. The average molecular weight is 279 g/mol. The largest absolute Gasteiger partial charge is 0.312 e. The van der Waals surface area contributed by atoms with E-state index in [1.165, 1.54) is 31.2 Å². The first kappa shape index (κ1) is 17.2. The zero-order valence-electron chi connectivity index (χ0n) is 14.3. The summed E-state index contributed by atoms with van der Waals surface area (Å²) in [5.74, 6) is 0. The van der Waals surface area contributed by atoms with E-state index >= 15 is 0 Å². The first-order valence-electron chi connectivity index (χ1n) is 7.99. The highest BCUT2D eigenvalue weighted by molar-refractivity contribution is 5.04. The summed E-state index contributed by atoms with van der Waals surface area (Å²) in [5, 5.41) is 8.02. The lowest BCUT2D eigenvalue weighted by molar-refractivity contribution is 0.301. The standard InChI is InChI=1S/C17H33N3/c1-7-8-9-10-17(5,6)14-18-11-15-12-19-20(13-15)16(2,3)4/h12-13,18H,7-11,14H2,1-6H3. The van der Waals surface area contributed by atoms with E-state index in [0.29, 0.717) is 5.41 Å². The van der Waals surface area contributed by atoms with Crippen LogP contribution >= 0.6 is 0 Å². The second kappa shape index (κ2) is 7.26. The highest BCUT2D eigenvalue weighted by atomic mass is 15.3. The molecule has 0 radical (unpaired) electrons. The molecule has 0 unspecified atom stereocenters. The SMILES string of the molecule is CCCCCC(C)(C)CNCc1cnn(C(C)(C)C)c1. The minimum absolute atomic E-state index is 0.0671. The minimum Gasteiger partial charge on any atom is -0.312 e. The van der Waals surface area contributed by atoms with Crippen LogP contribution in [-0.4, -0.2) is 16.3 Å². The van der Waals surface area contributed by atoms with Gasteiger partial charge in [0.05, 0.1) is 11.7 Å². The smallest absolute Gasteiger partial charge is 0.0543 e. The van der Waals surface area contributed by atoms with Gasteiger partial charge in [0.2, 0.25) is 0 Å². The lowest BCUT2D eigenvalue weighted by Gasteiger charge is -2.25. The first-order valence-corrected chi connectivity index (χ1v) is 7.99. The molecule has 20 heavy (non-hydrogen) atoms. The normalized spacial score (nSPS) is 12.9. The third kappa shape index (κ3) is 6.08. The Bertz CT molecular complexity index is 385. The molecule has 0 bridgehead atoms. The molecule has 1 aromatic rings. The Morgan fingerprint density at radius 3 is 2.40 bits per heavy atom. The molecule has 116 valence electrons. The maximum atomic E-state index is 4.44. The van der Waals surface area contributed by atoms with Crippen LogP contribution in [0.2, 0.25) is 0 Å². The van der Waals surface area contributed by atoms with Crippen LogP contribution in [0.5, 0.6) is 0 Å². The predicted molar refractivity (Wildman–Crippen MR) is 86.9 cm³/mol. The molecule has 0 aliphatic rings. The molecule has 0 saturated heterocycles. The number of hydrogen-bond donors (Lipinski definition) is 1. The Balaban J connectivity index is 2.35. The molecule has 1 N–H and O–H groups in total. The van der Waals surface area contributed by atoms with Crippen molar-refractivity contribution in [2.75, 3.05) is 6.54 Å². The summed E-state index contributed by atoms with van der Waals surface area (Å²) >= 11 is 0. The van der Waals surface area contributed by atoms with Crippen LogP contribution in [0, 0.1) is 5.41 Å². The van der Waals surface area contributed by atoms with E-state index in [-0.39, 0.29) is 5.54 Å². The van der Waals surface area contributed by atoms with Gasteiger partial charge in [-0.05, 0) is 32.6 Å². The second-order valence-electron chi connectivity index (χ2n) is 7.69. The van der Waals surface area contributed by atoms with Gasteiger partial charge in [0.1, 0.15) is 0 Å². The Morgan fingerprint density at radius 2 is 1.85 bits per heavy atom. The van der Waals surface area contributed by atoms with Crippen molar-refractivity contribution in [3.8, 4) is 0 Å². The number of nitrogens with zero attached hydrogens (tertiary/aromatic N) is 2. The Morgan fingerprint density at radius 1 is 1.15 bits per heavy atom. The maximum absolute atomic E-state index is 4.44. The summed E-state index contributed by atoms with van der Waals surface area (Å²) < 4.78 is 2.04. The Kier molecular flexibility index (Phi) is 6.25. The highest BCUT2D eigenvalue weighted by Gasteiger charge is 2.17. The molecule has 0 aliphatic carbocycles. The van der Waals surface area contributed by atoms with Gasteiger partial charge in [0.15, 0.2) is 0 Å². The van der Waals surface area contributed by atoms with Crippen molar-refractivity contribution in [2.24, 2.45) is 5.41 Å². The van der Waals surface area contributed by atoms with Crippen molar-refractivity contribution >= 4 is 0 Å². The van der Waals surface area contributed by atoms with Gasteiger partial charge in [-0.25, -0.2) is 0 Å². The van der Waals surface area contributed by atoms with E-state index in [4.69, 9.17) is 0 Å². The van der Waals surface area contributed by atoms with Crippen molar-refractivity contribution < 1.29 is 0 Å². The molecule has 3 heteroatoms. The van der Waals surface area contributed by atoms with Gasteiger partial charge in [-0.15, -0.1) is 0 Å². The van der Waals surface area contributed by atoms with Crippen molar-refractivity contribution in [3.05, 3.63) is 18.0 Å². The summed E-state index contributed by atoms with van der Waals surface area (Å²) in [6.07, 6.45) is 9.42. The van der Waals surface area contributed by atoms with Crippen LogP contribution in [0.1, 0.15) is 72.8 Å². The molecule has 0 amide bonds. The fraction of sp³-hybridized carbons (Fsp3) is 0.824. The molecule has 0 fully saturated rings. The summed E-state index contributed by atoms with van der Waals surface area (Å²) in [6.45, 7) is 15.5. The first-order chi connectivity index (χ1) is 9.24. The van der Waals surface area contributed by atoms with E-state index in [1.807, 2.05) is 10.9 Å². The Labute approximate surface area is 125 Å². The zero-order chi connectivity index (χ0) is 15.2. The van der Waals surface area contributed by atoms with Gasteiger partial charge in [0, 0.05) is 24.8 Å². The predicted octanol–water partition coefficient (Wildman–Crippen LogP) is 4.33. The van der Waals surface area contributed by atoms with Crippen LogP contribution < -0.4 is 5.32 Å². The van der Waals surface area contributed by atoms with E-state index < -0.39 is 0 Å². The molecule has 1 heterocycles. The van der Waals surface area contributed by atoms with Crippen molar-refractivity contribution in [2.45, 2.75) is 79.3 Å². The van der Waals surface area contributed by atoms with E-state index in [9.17, 15) is 0 Å². The van der Waals surface area contributed by atoms with Gasteiger partial charge in [-0.2, -0.15) is 5.10 Å². The van der Waals surface area contributed by atoms with Gasteiger partial charge < -0.3 is 5.32 Å². The lowest BCUT2D eigenvalue weighted by atomic mass is 9.87. The number of unbranched alkanes of at least 4 members (excludes halogenated alkanes) is 2. The van der Waals surface area contributed by atoms with Crippen LogP contribution in [0.3, 0.4) is 0 Å². The molecule has 0 saturated carbocycles. The lowest BCUT2D eigenvalue weighted by Crippen LogP contribution is -2.29. The fourth-order valence-electron chi connectivity index (χ4n) is 2.31. The molecule has 1 rings (SSSR count). The monoisotopic (exact) mass is 279 g/mol.